The lowest BCUT2D eigenvalue weighted by Crippen LogP contribution is -2.40. The first kappa shape index (κ1) is 32.4. The van der Waals surface area contributed by atoms with Gasteiger partial charge in [0.1, 0.15) is 5.69 Å². The average molecular weight is 639 g/mol. The molecular weight excluding hydrogens is 616 g/mol. The lowest BCUT2D eigenvalue weighted by molar-refractivity contribution is -0.370. The smallest absolute Gasteiger partial charge is 0.388 e. The summed E-state index contributed by atoms with van der Waals surface area (Å²) in [5, 5.41) is 12.0. The molecule has 1 aliphatic rings. The van der Waals surface area contributed by atoms with Gasteiger partial charge in [-0.15, -0.1) is 20.4 Å². The molecule has 1 aromatic carbocycles. The van der Waals surface area contributed by atoms with E-state index >= 15 is 0 Å². The topological polar surface area (TPSA) is 126 Å². The summed E-state index contributed by atoms with van der Waals surface area (Å²) in [4.78, 5) is 13.6. The molecule has 0 aliphatic carbocycles. The summed E-state index contributed by atoms with van der Waals surface area (Å²) >= 11 is 0.0916. The van der Waals surface area contributed by atoms with Crippen LogP contribution in [0.2, 0.25) is 0 Å². The zero-order valence-electron chi connectivity index (χ0n) is 21.2. The van der Waals surface area contributed by atoms with E-state index < -0.39 is 49.6 Å². The molecule has 0 spiro atoms. The number of esters is 1. The van der Waals surface area contributed by atoms with Crippen LogP contribution < -0.4 is 9.62 Å². The fourth-order valence-electron chi connectivity index (χ4n) is 3.84. The van der Waals surface area contributed by atoms with Crippen molar-refractivity contribution in [1.29, 1.82) is 0 Å². The summed E-state index contributed by atoms with van der Waals surface area (Å²) in [7, 11) is -5.89. The molecule has 1 unspecified atom stereocenters. The number of aromatic nitrogens is 2. The second-order valence-electron chi connectivity index (χ2n) is 8.69. The molecule has 0 saturated carbocycles. The van der Waals surface area contributed by atoms with Crippen LogP contribution in [0.3, 0.4) is 0 Å². The summed E-state index contributed by atoms with van der Waals surface area (Å²) in [6.45, 7) is 4.46. The van der Waals surface area contributed by atoms with Crippen molar-refractivity contribution in [2.75, 3.05) is 16.2 Å². The van der Waals surface area contributed by atoms with E-state index in [1.54, 1.807) is 0 Å². The predicted molar refractivity (Wildman–Crippen MR) is 130 cm³/mol. The molecule has 0 saturated heterocycles. The number of ether oxygens (including phenoxy) is 1. The summed E-state index contributed by atoms with van der Waals surface area (Å²) in [6, 6.07) is 2.57. The van der Waals surface area contributed by atoms with Crippen LogP contribution in [0.5, 0.6) is 0 Å². The van der Waals surface area contributed by atoms with Crippen molar-refractivity contribution in [1.82, 2.24) is 10.2 Å². The van der Waals surface area contributed by atoms with Gasteiger partial charge in [0, 0.05) is 18.3 Å². The number of aryl methyl sites for hydroxylation is 1. The van der Waals surface area contributed by atoms with Gasteiger partial charge in [-0.05, 0) is 43.4 Å². The minimum Gasteiger partial charge on any atom is -0.388 e. The van der Waals surface area contributed by atoms with E-state index in [1.807, 2.05) is 18.7 Å². The highest BCUT2D eigenvalue weighted by molar-refractivity contribution is 7.93. The molecule has 0 radical (unpaired) electrons. The third-order valence-electron chi connectivity index (χ3n) is 5.85. The van der Waals surface area contributed by atoms with Crippen LogP contribution in [0.15, 0.2) is 22.4 Å². The largest absolute Gasteiger partial charge is 0.516 e. The molecule has 1 aliphatic heterocycles. The van der Waals surface area contributed by atoms with Crippen molar-refractivity contribution in [3.05, 3.63) is 22.7 Å². The van der Waals surface area contributed by atoms with Crippen LogP contribution in [0.4, 0.5) is 57.3 Å². The van der Waals surface area contributed by atoms with Crippen LogP contribution in [0.25, 0.3) is 0 Å². The number of hydrogen-bond donors (Lipinski definition) is 1. The van der Waals surface area contributed by atoms with Gasteiger partial charge in [-0.1, -0.05) is 31.6 Å². The lowest BCUT2D eigenvalue weighted by atomic mass is 9.93. The molecule has 228 valence electrons. The molecule has 1 aromatic heterocycles. The number of alkyl halides is 8. The molecule has 0 bridgehead atoms. The van der Waals surface area contributed by atoms with E-state index in [4.69, 9.17) is 0 Å². The third-order valence-corrected chi connectivity index (χ3v) is 7.74. The van der Waals surface area contributed by atoms with Crippen molar-refractivity contribution in [3.63, 3.8) is 0 Å². The van der Waals surface area contributed by atoms with Crippen molar-refractivity contribution < 1.29 is 53.1 Å². The molecule has 0 fully saturated rings. The molecule has 1 atom stereocenters. The van der Waals surface area contributed by atoms with Gasteiger partial charge in [0.15, 0.2) is 0 Å². The van der Waals surface area contributed by atoms with Gasteiger partial charge in [0.2, 0.25) is 5.01 Å². The Bertz CT molecular complexity index is 1400. The minimum absolute atomic E-state index is 0.0536. The van der Waals surface area contributed by atoms with Crippen molar-refractivity contribution in [3.8, 4) is 0 Å². The number of nitrogens with one attached hydrogen (secondary N) is 1. The Labute approximate surface area is 231 Å². The van der Waals surface area contributed by atoms with Gasteiger partial charge >= 0.3 is 33.8 Å². The molecule has 2 heterocycles. The van der Waals surface area contributed by atoms with Crippen LogP contribution >= 0.6 is 11.3 Å². The quantitative estimate of drug-likeness (QED) is 0.171. The number of carbonyl (C=O) groups is 1. The van der Waals surface area contributed by atoms with Gasteiger partial charge in [0.25, 0.3) is 5.13 Å². The van der Waals surface area contributed by atoms with Crippen molar-refractivity contribution in [2.45, 2.75) is 69.8 Å². The number of fused-ring (bicyclic) bond motifs is 1. The predicted octanol–water partition coefficient (Wildman–Crippen LogP) is 6.86. The SMILES string of the molecule is CCCCN1c2cc(NS(=O)(=O)C(F)(F)F)c(N=Nc3nnc(C(=O)OC(F)(F)C(F)(F)F)s3)cc2CCC1CC. The maximum atomic E-state index is 13.2. The highest BCUT2D eigenvalue weighted by atomic mass is 32.2. The number of anilines is 2. The fourth-order valence-corrected chi connectivity index (χ4v) is 4.95. The van der Waals surface area contributed by atoms with Gasteiger partial charge in [-0.2, -0.15) is 43.5 Å². The van der Waals surface area contributed by atoms with E-state index in [0.717, 1.165) is 19.3 Å². The fraction of sp³-hybridized carbons (Fsp3) is 0.571. The first-order valence-electron chi connectivity index (χ1n) is 11.9. The zero-order valence-corrected chi connectivity index (χ0v) is 22.8. The molecule has 2 aromatic rings. The van der Waals surface area contributed by atoms with Crippen LogP contribution in [0.1, 0.15) is 54.9 Å². The number of carbonyl (C=O) groups excluding carboxylic acids is 1. The Morgan fingerprint density at radius 3 is 2.39 bits per heavy atom. The van der Waals surface area contributed by atoms with E-state index in [1.165, 1.54) is 16.9 Å². The van der Waals surface area contributed by atoms with E-state index in [-0.39, 0.29) is 23.1 Å². The number of rotatable bonds is 10. The van der Waals surface area contributed by atoms with Crippen molar-refractivity contribution in [2.24, 2.45) is 10.2 Å². The maximum Gasteiger partial charge on any atom is 0.516 e. The Morgan fingerprint density at radius 2 is 1.80 bits per heavy atom. The standard InChI is InChI=1S/C21H22F8N6O4S2/c1-3-5-8-35-12(4-2)7-6-11-9-13(14(10-15(11)35)34-41(37,38)21(27,28)29)30-32-18-33-31-16(40-18)17(36)39-20(25,26)19(22,23)24/h9-10,12,34H,3-8H2,1-2H3. The van der Waals surface area contributed by atoms with Gasteiger partial charge in [-0.3, -0.25) is 4.72 Å². The van der Waals surface area contributed by atoms with Gasteiger partial charge < -0.3 is 9.64 Å². The lowest BCUT2D eigenvalue weighted by Gasteiger charge is -2.39. The molecule has 20 heteroatoms. The van der Waals surface area contributed by atoms with Crippen LogP contribution in [0, 0.1) is 0 Å². The number of azo groups is 1. The minimum atomic E-state index is -6.19. The highest BCUT2D eigenvalue weighted by Crippen LogP contribution is 2.42. The second kappa shape index (κ2) is 12.0. The number of unbranched alkanes of at least 4 members (excludes halogenated alkanes) is 1. The number of sulfonamides is 1. The third kappa shape index (κ3) is 7.38. The van der Waals surface area contributed by atoms with Gasteiger partial charge in [0.05, 0.1) is 5.69 Å². The number of benzene rings is 1. The highest BCUT2D eigenvalue weighted by Gasteiger charge is 2.62. The zero-order chi connectivity index (χ0) is 30.8. The van der Waals surface area contributed by atoms with E-state index in [2.05, 4.69) is 25.2 Å². The Balaban J connectivity index is 1.99. The summed E-state index contributed by atoms with van der Waals surface area (Å²) < 4.78 is 131. The number of halogens is 8. The first-order valence-corrected chi connectivity index (χ1v) is 14.2. The monoisotopic (exact) mass is 638 g/mol. The Morgan fingerprint density at radius 1 is 1.12 bits per heavy atom. The number of nitrogens with zero attached hydrogens (tertiary/aromatic N) is 5. The first-order chi connectivity index (χ1) is 18.9. The Kier molecular flexibility index (Phi) is 9.46. The summed E-state index contributed by atoms with van der Waals surface area (Å²) in [5.41, 5.74) is -5.51. The summed E-state index contributed by atoms with van der Waals surface area (Å²) in [5.74, 6) is -2.17. The summed E-state index contributed by atoms with van der Waals surface area (Å²) in [6.07, 6.45) is -8.51. The molecule has 1 N–H and O–H groups in total. The normalized spacial score (nSPS) is 16.6. The van der Waals surface area contributed by atoms with Crippen LogP contribution in [-0.2, 0) is 21.2 Å². The number of hydrogen-bond acceptors (Lipinski definition) is 10. The van der Waals surface area contributed by atoms with E-state index in [0.29, 0.717) is 30.6 Å². The molecular formula is C21H22F8N6O4S2. The van der Waals surface area contributed by atoms with Gasteiger partial charge in [-0.25, -0.2) is 4.79 Å². The molecule has 41 heavy (non-hydrogen) atoms. The average Bonchev–Trinajstić information content (AvgIpc) is 3.33. The van der Waals surface area contributed by atoms with Crippen molar-refractivity contribution >= 4 is 49.5 Å². The second-order valence-corrected chi connectivity index (χ2v) is 11.3. The molecule has 3 rings (SSSR count). The Hall–Kier alpha value is -3.16. The van der Waals surface area contributed by atoms with E-state index in [9.17, 15) is 48.3 Å². The maximum absolute atomic E-state index is 13.2. The van der Waals surface area contributed by atoms with Crippen LogP contribution in [-0.4, -0.2) is 55.0 Å². The molecule has 0 amide bonds. The molecule has 10 nitrogen and oxygen atoms in total.